The lowest BCUT2D eigenvalue weighted by Gasteiger charge is -2.10. The molecule has 0 spiro atoms. The van der Waals surface area contributed by atoms with Gasteiger partial charge in [0.05, 0.1) is 0 Å². The standard InChI is InChI=1S/C15H16ClN5O/c1-4-7-20-13(11-5-6-17-12(16)10(11)3)18-15-19-14(22)9(2)8-21(15)20/h5-6,8H,4,7H2,1-3H3. The summed E-state index contributed by atoms with van der Waals surface area (Å²) in [7, 11) is 0. The summed E-state index contributed by atoms with van der Waals surface area (Å²) in [6, 6.07) is 1.88. The minimum absolute atomic E-state index is 0.253. The zero-order valence-corrected chi connectivity index (χ0v) is 13.4. The average molecular weight is 318 g/mol. The smallest absolute Gasteiger partial charge is 0.267 e. The molecule has 0 amide bonds. The van der Waals surface area contributed by atoms with Gasteiger partial charge in [-0.15, -0.1) is 0 Å². The molecule has 0 aliphatic heterocycles. The van der Waals surface area contributed by atoms with Crippen molar-refractivity contribution in [3.05, 3.63) is 45.1 Å². The SMILES string of the molecule is CCCn1c(-c2ccnc(Cl)c2C)nc2nc(=O)c(C)cn21. The number of fused-ring (bicyclic) bond motifs is 1. The van der Waals surface area contributed by atoms with Crippen molar-refractivity contribution in [1.82, 2.24) is 24.1 Å². The number of aromatic nitrogens is 5. The van der Waals surface area contributed by atoms with Crippen LogP contribution in [-0.2, 0) is 6.54 Å². The van der Waals surface area contributed by atoms with Crippen molar-refractivity contribution in [1.29, 1.82) is 0 Å². The van der Waals surface area contributed by atoms with Crippen LogP contribution < -0.4 is 5.56 Å². The molecule has 0 unspecified atom stereocenters. The van der Waals surface area contributed by atoms with Crippen molar-refractivity contribution in [2.24, 2.45) is 0 Å². The maximum atomic E-state index is 11.8. The van der Waals surface area contributed by atoms with Gasteiger partial charge in [-0.2, -0.15) is 9.97 Å². The van der Waals surface area contributed by atoms with Crippen molar-refractivity contribution >= 4 is 17.4 Å². The van der Waals surface area contributed by atoms with Crippen LogP contribution in [0, 0.1) is 13.8 Å². The third kappa shape index (κ3) is 2.29. The van der Waals surface area contributed by atoms with E-state index in [2.05, 4.69) is 21.9 Å². The molecule has 3 aromatic heterocycles. The summed E-state index contributed by atoms with van der Waals surface area (Å²) in [6.07, 6.45) is 4.36. The van der Waals surface area contributed by atoms with Crippen molar-refractivity contribution in [3.8, 4) is 11.4 Å². The normalized spacial score (nSPS) is 11.3. The molecule has 3 rings (SSSR count). The van der Waals surface area contributed by atoms with Crippen molar-refractivity contribution in [3.63, 3.8) is 0 Å². The maximum absolute atomic E-state index is 11.8. The Morgan fingerprint density at radius 2 is 2.05 bits per heavy atom. The van der Waals surface area contributed by atoms with E-state index in [9.17, 15) is 4.79 Å². The van der Waals surface area contributed by atoms with Crippen LogP contribution in [0.4, 0.5) is 0 Å². The van der Waals surface area contributed by atoms with Gasteiger partial charge in [0.2, 0.25) is 0 Å². The second kappa shape index (κ2) is 5.53. The topological polar surface area (TPSA) is 65.1 Å². The molecule has 0 aromatic carbocycles. The first-order chi connectivity index (χ1) is 10.5. The Hall–Kier alpha value is -2.21. The third-order valence-electron chi connectivity index (χ3n) is 3.59. The molecular weight excluding hydrogens is 302 g/mol. The Morgan fingerprint density at radius 1 is 1.27 bits per heavy atom. The Labute approximate surface area is 132 Å². The molecule has 0 aliphatic carbocycles. The molecule has 0 radical (unpaired) electrons. The summed E-state index contributed by atoms with van der Waals surface area (Å²) < 4.78 is 3.83. The Balaban J connectivity index is 2.35. The highest BCUT2D eigenvalue weighted by Gasteiger charge is 2.16. The van der Waals surface area contributed by atoms with E-state index in [1.807, 2.05) is 22.2 Å². The van der Waals surface area contributed by atoms with E-state index in [1.54, 1.807) is 19.3 Å². The molecule has 22 heavy (non-hydrogen) atoms. The molecule has 3 heterocycles. The lowest BCUT2D eigenvalue weighted by atomic mass is 10.1. The van der Waals surface area contributed by atoms with Gasteiger partial charge in [-0.25, -0.2) is 9.50 Å². The van der Waals surface area contributed by atoms with Gasteiger partial charge in [0.15, 0.2) is 5.82 Å². The number of hydrogen-bond donors (Lipinski definition) is 0. The van der Waals surface area contributed by atoms with Gasteiger partial charge in [-0.1, -0.05) is 18.5 Å². The number of aryl methyl sites for hydroxylation is 2. The van der Waals surface area contributed by atoms with Gasteiger partial charge in [-0.3, -0.25) is 9.48 Å². The van der Waals surface area contributed by atoms with Crippen LogP contribution in [-0.4, -0.2) is 24.1 Å². The number of nitrogens with zero attached hydrogens (tertiary/aromatic N) is 5. The second-order valence-corrected chi connectivity index (χ2v) is 5.56. The van der Waals surface area contributed by atoms with E-state index in [4.69, 9.17) is 11.6 Å². The van der Waals surface area contributed by atoms with E-state index in [-0.39, 0.29) is 5.56 Å². The van der Waals surface area contributed by atoms with Crippen LogP contribution >= 0.6 is 11.6 Å². The average Bonchev–Trinajstić information content (AvgIpc) is 2.81. The molecule has 0 N–H and O–H groups in total. The fraction of sp³-hybridized carbons (Fsp3) is 0.333. The van der Waals surface area contributed by atoms with Crippen LogP contribution in [0.5, 0.6) is 0 Å². The first kappa shape index (κ1) is 14.7. The molecule has 0 atom stereocenters. The zero-order valence-electron chi connectivity index (χ0n) is 12.7. The maximum Gasteiger partial charge on any atom is 0.277 e. The Kier molecular flexibility index (Phi) is 3.70. The second-order valence-electron chi connectivity index (χ2n) is 5.21. The van der Waals surface area contributed by atoms with E-state index in [0.717, 1.165) is 29.9 Å². The number of hydrogen-bond acceptors (Lipinski definition) is 4. The first-order valence-corrected chi connectivity index (χ1v) is 7.49. The summed E-state index contributed by atoms with van der Waals surface area (Å²) in [5.74, 6) is 1.13. The third-order valence-corrected chi connectivity index (χ3v) is 3.97. The lowest BCUT2D eigenvalue weighted by molar-refractivity contribution is 0.569. The van der Waals surface area contributed by atoms with E-state index < -0.39 is 0 Å². The summed E-state index contributed by atoms with van der Waals surface area (Å²) in [5, 5.41) is 0.450. The van der Waals surface area contributed by atoms with Crippen molar-refractivity contribution in [2.75, 3.05) is 0 Å². The van der Waals surface area contributed by atoms with Crippen LogP contribution in [0.2, 0.25) is 5.15 Å². The highest BCUT2D eigenvalue weighted by molar-refractivity contribution is 6.30. The van der Waals surface area contributed by atoms with Gasteiger partial charge in [0.1, 0.15) is 5.15 Å². The molecule has 0 fully saturated rings. The molecule has 0 saturated heterocycles. The van der Waals surface area contributed by atoms with Crippen LogP contribution in [0.15, 0.2) is 23.3 Å². The first-order valence-electron chi connectivity index (χ1n) is 7.11. The van der Waals surface area contributed by atoms with Gasteiger partial charge in [0, 0.05) is 30.1 Å². The molecular formula is C15H16ClN5O. The highest BCUT2D eigenvalue weighted by Crippen LogP contribution is 2.26. The zero-order chi connectivity index (χ0) is 15.9. The Morgan fingerprint density at radius 3 is 2.77 bits per heavy atom. The number of halogens is 1. The van der Waals surface area contributed by atoms with Gasteiger partial charge < -0.3 is 0 Å². The predicted molar refractivity (Wildman–Crippen MR) is 85.3 cm³/mol. The van der Waals surface area contributed by atoms with Crippen molar-refractivity contribution < 1.29 is 0 Å². The molecule has 7 heteroatoms. The minimum Gasteiger partial charge on any atom is -0.267 e. The van der Waals surface area contributed by atoms with E-state index >= 15 is 0 Å². The van der Waals surface area contributed by atoms with E-state index in [1.165, 1.54) is 0 Å². The minimum atomic E-state index is -0.253. The molecule has 0 aliphatic rings. The number of pyridine rings is 1. The molecule has 6 nitrogen and oxygen atoms in total. The summed E-state index contributed by atoms with van der Waals surface area (Å²) >= 11 is 6.12. The highest BCUT2D eigenvalue weighted by atomic mass is 35.5. The number of rotatable bonds is 3. The lowest BCUT2D eigenvalue weighted by Crippen LogP contribution is -2.15. The monoisotopic (exact) mass is 317 g/mol. The molecule has 3 aromatic rings. The molecule has 114 valence electrons. The largest absolute Gasteiger partial charge is 0.277 e. The fourth-order valence-electron chi connectivity index (χ4n) is 2.41. The summed E-state index contributed by atoms with van der Waals surface area (Å²) in [6.45, 7) is 6.50. The van der Waals surface area contributed by atoms with Gasteiger partial charge in [0.25, 0.3) is 11.3 Å². The quantitative estimate of drug-likeness (QED) is 0.697. The predicted octanol–water partition coefficient (Wildman–Crippen LogP) is 2.63. The molecule has 0 saturated carbocycles. The Bertz CT molecular complexity index is 912. The molecule has 0 bridgehead atoms. The summed E-state index contributed by atoms with van der Waals surface area (Å²) in [5.41, 5.74) is 2.09. The van der Waals surface area contributed by atoms with Gasteiger partial charge >= 0.3 is 0 Å². The fourth-order valence-corrected chi connectivity index (χ4v) is 2.57. The van der Waals surface area contributed by atoms with Crippen LogP contribution in [0.25, 0.3) is 17.2 Å². The van der Waals surface area contributed by atoms with Crippen LogP contribution in [0.3, 0.4) is 0 Å². The summed E-state index contributed by atoms with van der Waals surface area (Å²) in [4.78, 5) is 24.4. The van der Waals surface area contributed by atoms with Crippen molar-refractivity contribution in [2.45, 2.75) is 33.7 Å². The van der Waals surface area contributed by atoms with E-state index in [0.29, 0.717) is 16.5 Å². The van der Waals surface area contributed by atoms with Crippen LogP contribution in [0.1, 0.15) is 24.5 Å². The van der Waals surface area contributed by atoms with Gasteiger partial charge in [-0.05, 0) is 31.9 Å².